The van der Waals surface area contributed by atoms with Gasteiger partial charge in [-0.3, -0.25) is 0 Å². The molecule has 0 atom stereocenters. The van der Waals surface area contributed by atoms with Gasteiger partial charge in [0.05, 0.1) is 0 Å². The van der Waals surface area contributed by atoms with Crippen LogP contribution in [0.25, 0.3) is 22.0 Å². The molecule has 1 heterocycles. The Morgan fingerprint density at radius 3 is 2.50 bits per heavy atom. The van der Waals surface area contributed by atoms with E-state index in [4.69, 9.17) is 0 Å². The van der Waals surface area contributed by atoms with Gasteiger partial charge in [-0.05, 0) is 23.8 Å². The third-order valence-electron chi connectivity index (χ3n) is 2.76. The second-order valence-electron chi connectivity index (χ2n) is 3.72. The maximum Gasteiger partial charge on any atom is 0.131 e. The van der Waals surface area contributed by atoms with Gasteiger partial charge in [-0.2, -0.15) is 0 Å². The Morgan fingerprint density at radius 1 is 0.812 bits per heavy atom. The largest absolute Gasteiger partial charge is 0.361 e. The fourth-order valence-corrected chi connectivity index (χ4v) is 2.00. The second-order valence-corrected chi connectivity index (χ2v) is 3.72. The molecule has 3 aromatic rings. The normalized spacial score (nSPS) is 10.8. The lowest BCUT2D eigenvalue weighted by Crippen LogP contribution is -1.83. The van der Waals surface area contributed by atoms with E-state index in [0.29, 0.717) is 5.56 Å². The number of nitrogens with one attached hydrogen (secondary N) is 1. The fourth-order valence-electron chi connectivity index (χ4n) is 2.00. The topological polar surface area (TPSA) is 15.8 Å². The first kappa shape index (κ1) is 9.16. The highest BCUT2D eigenvalue weighted by atomic mass is 19.1. The number of aromatic amines is 1. The van der Waals surface area contributed by atoms with E-state index < -0.39 is 0 Å². The summed E-state index contributed by atoms with van der Waals surface area (Å²) in [6, 6.07) is 14.7. The van der Waals surface area contributed by atoms with Crippen LogP contribution < -0.4 is 0 Å². The predicted octanol–water partition coefficient (Wildman–Crippen LogP) is 3.97. The fraction of sp³-hybridized carbons (Fsp3) is 0. The molecule has 0 saturated heterocycles. The van der Waals surface area contributed by atoms with Crippen LogP contribution >= 0.6 is 0 Å². The van der Waals surface area contributed by atoms with Gasteiger partial charge in [0.25, 0.3) is 0 Å². The van der Waals surface area contributed by atoms with Gasteiger partial charge >= 0.3 is 0 Å². The van der Waals surface area contributed by atoms with Gasteiger partial charge in [0.2, 0.25) is 0 Å². The number of halogens is 1. The molecule has 0 saturated carbocycles. The SMILES string of the molecule is Fc1ccccc1-c1cccc2[nH]ccc12. The van der Waals surface area contributed by atoms with Crippen molar-refractivity contribution < 1.29 is 4.39 Å². The minimum Gasteiger partial charge on any atom is -0.361 e. The van der Waals surface area contributed by atoms with Crippen molar-refractivity contribution in [2.75, 3.05) is 0 Å². The molecule has 2 aromatic carbocycles. The standard InChI is InChI=1S/C14H10FN/c15-13-6-2-1-4-11(13)10-5-3-7-14-12(10)8-9-16-14/h1-9,16H. The van der Waals surface area contributed by atoms with Crippen LogP contribution in [0.2, 0.25) is 0 Å². The Labute approximate surface area is 92.5 Å². The van der Waals surface area contributed by atoms with Crippen LogP contribution in [0.3, 0.4) is 0 Å². The summed E-state index contributed by atoms with van der Waals surface area (Å²) in [7, 11) is 0. The number of rotatable bonds is 1. The summed E-state index contributed by atoms with van der Waals surface area (Å²) in [4.78, 5) is 3.13. The van der Waals surface area contributed by atoms with Gasteiger partial charge in [0, 0.05) is 22.7 Å². The average Bonchev–Trinajstić information content (AvgIpc) is 2.77. The van der Waals surface area contributed by atoms with Crippen LogP contribution in [-0.4, -0.2) is 4.98 Å². The summed E-state index contributed by atoms with van der Waals surface area (Å²) < 4.78 is 13.7. The van der Waals surface area contributed by atoms with E-state index in [0.717, 1.165) is 16.5 Å². The minimum absolute atomic E-state index is 0.184. The molecule has 2 heteroatoms. The molecule has 0 bridgehead atoms. The van der Waals surface area contributed by atoms with E-state index >= 15 is 0 Å². The smallest absolute Gasteiger partial charge is 0.131 e. The number of hydrogen-bond acceptors (Lipinski definition) is 0. The number of hydrogen-bond donors (Lipinski definition) is 1. The molecule has 3 rings (SSSR count). The first-order valence-electron chi connectivity index (χ1n) is 5.17. The lowest BCUT2D eigenvalue weighted by molar-refractivity contribution is 0.631. The van der Waals surface area contributed by atoms with Crippen LogP contribution in [0, 0.1) is 5.82 Å². The molecule has 16 heavy (non-hydrogen) atoms. The van der Waals surface area contributed by atoms with Crippen molar-refractivity contribution in [2.45, 2.75) is 0 Å². The predicted molar refractivity (Wildman–Crippen MR) is 63.7 cm³/mol. The lowest BCUT2D eigenvalue weighted by Gasteiger charge is -2.04. The number of H-pyrrole nitrogens is 1. The molecular weight excluding hydrogens is 201 g/mol. The Hall–Kier alpha value is -2.09. The lowest BCUT2D eigenvalue weighted by atomic mass is 10.0. The maximum absolute atomic E-state index is 13.7. The highest BCUT2D eigenvalue weighted by molar-refractivity contribution is 5.95. The van der Waals surface area contributed by atoms with Crippen LogP contribution in [-0.2, 0) is 0 Å². The first-order valence-corrected chi connectivity index (χ1v) is 5.17. The van der Waals surface area contributed by atoms with E-state index in [1.807, 2.05) is 36.5 Å². The monoisotopic (exact) mass is 211 g/mol. The zero-order valence-electron chi connectivity index (χ0n) is 8.57. The molecule has 1 nitrogen and oxygen atoms in total. The molecule has 0 aliphatic rings. The molecule has 0 aliphatic heterocycles. The Morgan fingerprint density at radius 2 is 1.62 bits per heavy atom. The van der Waals surface area contributed by atoms with Crippen molar-refractivity contribution in [1.82, 2.24) is 4.98 Å². The molecule has 0 spiro atoms. The molecule has 1 aromatic heterocycles. The maximum atomic E-state index is 13.7. The van der Waals surface area contributed by atoms with E-state index in [-0.39, 0.29) is 5.82 Å². The van der Waals surface area contributed by atoms with Crippen molar-refractivity contribution >= 4 is 10.9 Å². The molecule has 0 unspecified atom stereocenters. The second kappa shape index (κ2) is 3.49. The van der Waals surface area contributed by atoms with Gasteiger partial charge < -0.3 is 4.98 Å². The minimum atomic E-state index is -0.184. The molecule has 0 amide bonds. The average molecular weight is 211 g/mol. The highest BCUT2D eigenvalue weighted by Crippen LogP contribution is 2.29. The molecule has 78 valence electrons. The van der Waals surface area contributed by atoms with Crippen LogP contribution in [0.15, 0.2) is 54.7 Å². The molecule has 0 fully saturated rings. The third kappa shape index (κ3) is 1.31. The molecule has 1 N–H and O–H groups in total. The summed E-state index contributed by atoms with van der Waals surface area (Å²) in [5.41, 5.74) is 2.60. The van der Waals surface area contributed by atoms with Crippen LogP contribution in [0.1, 0.15) is 0 Å². The summed E-state index contributed by atoms with van der Waals surface area (Å²) in [6.07, 6.45) is 1.87. The van der Waals surface area contributed by atoms with Crippen molar-refractivity contribution in [1.29, 1.82) is 0 Å². The Bertz CT molecular complexity index is 640. The zero-order valence-corrected chi connectivity index (χ0v) is 8.57. The molecular formula is C14H10FN. The first-order chi connectivity index (χ1) is 7.86. The summed E-state index contributed by atoms with van der Waals surface area (Å²) in [5, 5.41) is 1.05. The summed E-state index contributed by atoms with van der Waals surface area (Å²) in [6.45, 7) is 0. The number of fused-ring (bicyclic) bond motifs is 1. The number of benzene rings is 2. The zero-order chi connectivity index (χ0) is 11.0. The number of aromatic nitrogens is 1. The van der Waals surface area contributed by atoms with Crippen molar-refractivity contribution in [2.24, 2.45) is 0 Å². The van der Waals surface area contributed by atoms with E-state index in [1.165, 1.54) is 6.07 Å². The van der Waals surface area contributed by atoms with Crippen molar-refractivity contribution in [3.05, 3.63) is 60.5 Å². The van der Waals surface area contributed by atoms with Crippen molar-refractivity contribution in [3.63, 3.8) is 0 Å². The van der Waals surface area contributed by atoms with Gasteiger partial charge in [-0.25, -0.2) is 4.39 Å². The quantitative estimate of drug-likeness (QED) is 0.626. The van der Waals surface area contributed by atoms with Crippen LogP contribution in [0.4, 0.5) is 4.39 Å². The van der Waals surface area contributed by atoms with Gasteiger partial charge in [-0.1, -0.05) is 30.3 Å². The van der Waals surface area contributed by atoms with Gasteiger partial charge in [0.1, 0.15) is 5.82 Å². The molecule has 0 aliphatic carbocycles. The van der Waals surface area contributed by atoms with Gasteiger partial charge in [0.15, 0.2) is 0 Å². The summed E-state index contributed by atoms with van der Waals surface area (Å²) >= 11 is 0. The Balaban J connectivity index is 2.34. The Kier molecular flexibility index (Phi) is 2.00. The highest BCUT2D eigenvalue weighted by Gasteiger charge is 2.07. The van der Waals surface area contributed by atoms with Crippen molar-refractivity contribution in [3.8, 4) is 11.1 Å². The summed E-state index contributed by atoms with van der Waals surface area (Å²) in [5.74, 6) is -0.184. The van der Waals surface area contributed by atoms with Crippen LogP contribution in [0.5, 0.6) is 0 Å². The van der Waals surface area contributed by atoms with E-state index in [2.05, 4.69) is 4.98 Å². The third-order valence-corrected chi connectivity index (χ3v) is 2.76. The van der Waals surface area contributed by atoms with E-state index in [9.17, 15) is 4.39 Å². The molecule has 0 radical (unpaired) electrons. The van der Waals surface area contributed by atoms with E-state index in [1.54, 1.807) is 12.1 Å². The van der Waals surface area contributed by atoms with Gasteiger partial charge in [-0.15, -0.1) is 0 Å².